The largest absolute Gasteiger partial charge is 0.339 e. The number of thioether (sulfide) groups is 1. The summed E-state index contributed by atoms with van der Waals surface area (Å²) in [5.41, 5.74) is 1.55. The zero-order valence-corrected chi connectivity index (χ0v) is 13.6. The molecule has 0 aliphatic carbocycles. The maximum Gasteiger partial charge on any atom is 0.289 e. The first kappa shape index (κ1) is 15.1. The second-order valence-electron chi connectivity index (χ2n) is 5.84. The Hall–Kier alpha value is -2.42. The van der Waals surface area contributed by atoms with Gasteiger partial charge in [-0.15, -0.1) is 5.10 Å². The quantitative estimate of drug-likeness (QED) is 0.815. The molecule has 2 fully saturated rings. The number of fused-ring (bicyclic) bond motifs is 1. The van der Waals surface area contributed by atoms with Crippen LogP contribution in [0, 0.1) is 0 Å². The summed E-state index contributed by atoms with van der Waals surface area (Å²) in [6.45, 7) is 1.03. The lowest BCUT2D eigenvalue weighted by Gasteiger charge is -2.21. The second kappa shape index (κ2) is 5.90. The summed E-state index contributed by atoms with van der Waals surface area (Å²) in [6, 6.07) is 7.25. The van der Waals surface area contributed by atoms with Gasteiger partial charge in [0, 0.05) is 13.1 Å². The monoisotopic (exact) mass is 345 g/mol. The van der Waals surface area contributed by atoms with Crippen LogP contribution in [0.4, 0.5) is 4.79 Å². The number of amides is 3. The lowest BCUT2D eigenvalue weighted by atomic mass is 10.2. The normalized spacial score (nSPS) is 21.2. The first-order valence-electron chi connectivity index (χ1n) is 7.68. The van der Waals surface area contributed by atoms with Crippen molar-refractivity contribution < 1.29 is 14.4 Å². The Kier molecular flexibility index (Phi) is 3.72. The number of carbonyl (C=O) groups is 3. The van der Waals surface area contributed by atoms with Gasteiger partial charge in [0.15, 0.2) is 0 Å². The molecule has 0 radical (unpaired) electrons. The number of likely N-dealkylation sites (tertiary alicyclic amines) is 1. The van der Waals surface area contributed by atoms with E-state index in [0.29, 0.717) is 19.5 Å². The smallest absolute Gasteiger partial charge is 0.289 e. The molecule has 9 heteroatoms. The van der Waals surface area contributed by atoms with E-state index >= 15 is 0 Å². The van der Waals surface area contributed by atoms with Crippen LogP contribution < -0.4 is 0 Å². The van der Waals surface area contributed by atoms with Gasteiger partial charge in [-0.1, -0.05) is 29.1 Å². The van der Waals surface area contributed by atoms with E-state index in [1.807, 2.05) is 24.3 Å². The second-order valence-corrected chi connectivity index (χ2v) is 6.76. The van der Waals surface area contributed by atoms with Crippen molar-refractivity contribution >= 4 is 39.8 Å². The summed E-state index contributed by atoms with van der Waals surface area (Å²) < 4.78 is 1.58. The fourth-order valence-electron chi connectivity index (χ4n) is 3.16. The molecular formula is C15H15N5O3S. The van der Waals surface area contributed by atoms with E-state index in [1.54, 1.807) is 9.58 Å². The molecule has 1 aromatic carbocycles. The molecule has 2 aromatic rings. The average Bonchev–Trinajstić information content (AvgIpc) is 3.28. The molecule has 1 atom stereocenters. The Morgan fingerprint density at radius 1 is 1.29 bits per heavy atom. The van der Waals surface area contributed by atoms with Crippen LogP contribution in [0.15, 0.2) is 24.3 Å². The average molecular weight is 345 g/mol. The van der Waals surface area contributed by atoms with Crippen LogP contribution in [0.1, 0.15) is 6.42 Å². The van der Waals surface area contributed by atoms with E-state index < -0.39 is 0 Å². The Morgan fingerprint density at radius 2 is 2.12 bits per heavy atom. The van der Waals surface area contributed by atoms with Crippen molar-refractivity contribution in [1.29, 1.82) is 0 Å². The first-order chi connectivity index (χ1) is 11.6. The lowest BCUT2D eigenvalue weighted by molar-refractivity contribution is -0.132. The maximum absolute atomic E-state index is 12.5. The van der Waals surface area contributed by atoms with E-state index in [1.165, 1.54) is 4.90 Å². The topological polar surface area (TPSA) is 88.4 Å². The Bertz CT molecular complexity index is 819. The molecule has 4 rings (SSSR count). The molecule has 8 nitrogen and oxygen atoms in total. The third kappa shape index (κ3) is 2.54. The van der Waals surface area contributed by atoms with Gasteiger partial charge in [0.2, 0.25) is 11.8 Å². The number of para-hydroxylation sites is 1. The number of carbonyl (C=O) groups excluding carboxylic acids is 3. The molecule has 2 saturated heterocycles. The molecule has 3 amide bonds. The Labute approximate surface area is 141 Å². The highest BCUT2D eigenvalue weighted by Crippen LogP contribution is 2.26. The summed E-state index contributed by atoms with van der Waals surface area (Å²) in [5.74, 6) is -0.0414. The highest BCUT2D eigenvalue weighted by molar-refractivity contribution is 8.14. The zero-order valence-electron chi connectivity index (χ0n) is 12.8. The third-order valence-corrected chi connectivity index (χ3v) is 5.21. The van der Waals surface area contributed by atoms with Crippen LogP contribution in [-0.4, -0.2) is 66.7 Å². The number of nitrogens with zero attached hydrogens (tertiary/aromatic N) is 5. The van der Waals surface area contributed by atoms with E-state index in [2.05, 4.69) is 10.3 Å². The summed E-state index contributed by atoms with van der Waals surface area (Å²) in [7, 11) is 0. The van der Waals surface area contributed by atoms with E-state index in [4.69, 9.17) is 0 Å². The van der Waals surface area contributed by atoms with Crippen LogP contribution in [-0.2, 0) is 16.1 Å². The van der Waals surface area contributed by atoms with Crippen LogP contribution >= 0.6 is 11.8 Å². The summed E-state index contributed by atoms with van der Waals surface area (Å²) in [5, 5.41) is 7.86. The fraction of sp³-hybridized carbons (Fsp3) is 0.400. The highest BCUT2D eigenvalue weighted by atomic mass is 32.2. The maximum atomic E-state index is 12.5. The van der Waals surface area contributed by atoms with Crippen molar-refractivity contribution in [3.05, 3.63) is 24.3 Å². The van der Waals surface area contributed by atoms with E-state index in [0.717, 1.165) is 22.8 Å². The molecule has 124 valence electrons. The molecule has 1 unspecified atom stereocenters. The molecule has 0 spiro atoms. The minimum absolute atomic E-state index is 0.0834. The van der Waals surface area contributed by atoms with Gasteiger partial charge < -0.3 is 4.90 Å². The minimum Gasteiger partial charge on any atom is -0.339 e. The standard InChI is InChI=1S/C15H15N5O3S/c21-13(8-19-12-4-2-1-3-11(12)16-17-19)18-6-5-10(7-18)20-14(22)9-24-15(20)23/h1-4,10H,5-9H2. The summed E-state index contributed by atoms with van der Waals surface area (Å²) >= 11 is 1.03. The van der Waals surface area contributed by atoms with Gasteiger partial charge in [0.1, 0.15) is 12.1 Å². The number of aromatic nitrogens is 3. The third-order valence-electron chi connectivity index (χ3n) is 4.37. The van der Waals surface area contributed by atoms with Crippen molar-refractivity contribution in [3.63, 3.8) is 0 Å². The molecule has 2 aliphatic rings. The molecule has 1 aromatic heterocycles. The minimum atomic E-state index is -0.212. The summed E-state index contributed by atoms with van der Waals surface area (Å²) in [4.78, 5) is 39.1. The van der Waals surface area contributed by atoms with E-state index in [-0.39, 0.29) is 35.4 Å². The van der Waals surface area contributed by atoms with Crippen LogP contribution in [0.5, 0.6) is 0 Å². The van der Waals surface area contributed by atoms with Crippen molar-refractivity contribution in [2.75, 3.05) is 18.8 Å². The molecular weight excluding hydrogens is 330 g/mol. The van der Waals surface area contributed by atoms with Crippen molar-refractivity contribution in [3.8, 4) is 0 Å². The Balaban J connectivity index is 1.44. The zero-order chi connectivity index (χ0) is 16.7. The van der Waals surface area contributed by atoms with Crippen LogP contribution in [0.25, 0.3) is 11.0 Å². The van der Waals surface area contributed by atoms with Gasteiger partial charge in [0.05, 0.1) is 17.3 Å². The van der Waals surface area contributed by atoms with Gasteiger partial charge in [-0.3, -0.25) is 19.3 Å². The number of imide groups is 1. The SMILES string of the molecule is O=C(Cn1nnc2ccccc21)N1CCC(N2C(=O)CSC2=O)C1. The number of hydrogen-bond donors (Lipinski definition) is 0. The van der Waals surface area contributed by atoms with Crippen LogP contribution in [0.2, 0.25) is 0 Å². The predicted molar refractivity (Wildman–Crippen MR) is 87.2 cm³/mol. The van der Waals surface area contributed by atoms with E-state index in [9.17, 15) is 14.4 Å². The number of rotatable bonds is 3. The van der Waals surface area contributed by atoms with Gasteiger partial charge in [-0.05, 0) is 18.6 Å². The van der Waals surface area contributed by atoms with Crippen molar-refractivity contribution in [2.45, 2.75) is 19.0 Å². The van der Waals surface area contributed by atoms with Gasteiger partial charge in [0.25, 0.3) is 5.24 Å². The number of benzene rings is 1. The predicted octanol–water partition coefficient (Wildman–Crippen LogP) is 0.728. The number of hydrogen-bond acceptors (Lipinski definition) is 6. The highest BCUT2D eigenvalue weighted by Gasteiger charge is 2.40. The molecule has 0 bridgehead atoms. The van der Waals surface area contributed by atoms with Gasteiger partial charge in [-0.25, -0.2) is 4.68 Å². The molecule has 24 heavy (non-hydrogen) atoms. The van der Waals surface area contributed by atoms with Gasteiger partial charge >= 0.3 is 0 Å². The Morgan fingerprint density at radius 3 is 2.92 bits per heavy atom. The van der Waals surface area contributed by atoms with Crippen molar-refractivity contribution in [2.24, 2.45) is 0 Å². The van der Waals surface area contributed by atoms with Crippen molar-refractivity contribution in [1.82, 2.24) is 24.8 Å². The molecule has 0 saturated carbocycles. The van der Waals surface area contributed by atoms with Crippen LogP contribution in [0.3, 0.4) is 0 Å². The van der Waals surface area contributed by atoms with Gasteiger partial charge in [-0.2, -0.15) is 0 Å². The lowest BCUT2D eigenvalue weighted by Crippen LogP contribution is -2.42. The fourth-order valence-corrected chi connectivity index (χ4v) is 3.93. The molecule has 0 N–H and O–H groups in total. The first-order valence-corrected chi connectivity index (χ1v) is 8.67. The summed E-state index contributed by atoms with van der Waals surface area (Å²) in [6.07, 6.45) is 0.627. The molecule has 3 heterocycles. The molecule has 2 aliphatic heterocycles.